The average molecular weight is 630 g/mol. The first-order valence-corrected chi connectivity index (χ1v) is 15.8. The van der Waals surface area contributed by atoms with Gasteiger partial charge in [-0.15, -0.1) is 0 Å². The molecule has 0 N–H and O–H groups in total. The smallest absolute Gasteiger partial charge is 0.410 e. The quantitative estimate of drug-likeness (QED) is 0.168. The minimum absolute atomic E-state index is 0.198. The van der Waals surface area contributed by atoms with Gasteiger partial charge in [-0.2, -0.15) is 0 Å². The molecule has 0 bridgehead atoms. The van der Waals surface area contributed by atoms with E-state index in [1.165, 1.54) is 4.90 Å². The Morgan fingerprint density at radius 1 is 0.787 bits per heavy atom. The zero-order valence-electron chi connectivity index (χ0n) is 27.4. The number of benzene rings is 3. The minimum Gasteiger partial charge on any atom is -0.489 e. The van der Waals surface area contributed by atoms with Gasteiger partial charge in [0.1, 0.15) is 29.3 Å². The van der Waals surface area contributed by atoms with Crippen molar-refractivity contribution < 1.29 is 23.9 Å². The molecule has 0 unspecified atom stereocenters. The molecule has 8 heteroatoms. The number of carbonyl (C=O) groups excluding carboxylic acids is 3. The van der Waals surface area contributed by atoms with E-state index in [0.29, 0.717) is 65.5 Å². The third-order valence-electron chi connectivity index (χ3n) is 8.25. The molecule has 6 rings (SSSR count). The fourth-order valence-electron chi connectivity index (χ4n) is 5.99. The summed E-state index contributed by atoms with van der Waals surface area (Å²) in [6, 6.07) is 27.5. The van der Waals surface area contributed by atoms with Gasteiger partial charge in [-0.3, -0.25) is 9.59 Å². The maximum atomic E-state index is 14.5. The Morgan fingerprint density at radius 2 is 1.43 bits per heavy atom. The molecule has 5 aromatic rings. The molecule has 47 heavy (non-hydrogen) atoms. The highest BCUT2D eigenvalue weighted by molar-refractivity contribution is 6.30. The standard InChI is InChI=1S/C39H39N3O5/c1-39(2,3)47-38(45)40(4)21-20-29-23-41(5)34-32(29)36(43)33-31(24-42(35(33)37(34)44)22-26-12-8-6-9-13-26)28-16-18-30(19-17-28)46-25-27-14-10-7-11-15-27/h6-19,23-24H,20-22,25H2,1-5H3. The molecule has 0 saturated carbocycles. The number of rotatable bonds is 9. The summed E-state index contributed by atoms with van der Waals surface area (Å²) < 4.78 is 15.1. The van der Waals surface area contributed by atoms with Crippen LogP contribution in [0.4, 0.5) is 4.79 Å². The number of nitrogens with zero attached hydrogens (tertiary/aromatic N) is 3. The highest BCUT2D eigenvalue weighted by Gasteiger charge is 2.39. The molecule has 0 spiro atoms. The number of aromatic nitrogens is 2. The first-order valence-electron chi connectivity index (χ1n) is 15.8. The van der Waals surface area contributed by atoms with Gasteiger partial charge in [0, 0.05) is 45.1 Å². The van der Waals surface area contributed by atoms with Crippen LogP contribution in [-0.4, -0.2) is 50.9 Å². The van der Waals surface area contributed by atoms with Gasteiger partial charge < -0.3 is 23.5 Å². The Kier molecular flexibility index (Phi) is 8.60. The van der Waals surface area contributed by atoms with Crippen molar-refractivity contribution in [3.63, 3.8) is 0 Å². The number of fused-ring (bicyclic) bond motifs is 2. The lowest BCUT2D eigenvalue weighted by atomic mass is 9.86. The summed E-state index contributed by atoms with van der Waals surface area (Å²) in [6.45, 7) is 6.67. The van der Waals surface area contributed by atoms with Crippen LogP contribution in [0.1, 0.15) is 69.6 Å². The number of aryl methyl sites for hydroxylation is 1. The summed E-state index contributed by atoms with van der Waals surface area (Å²) in [7, 11) is 3.46. The summed E-state index contributed by atoms with van der Waals surface area (Å²) in [5.74, 6) is 0.310. The Bertz CT molecular complexity index is 1930. The van der Waals surface area contributed by atoms with Gasteiger partial charge in [0.15, 0.2) is 5.78 Å². The normalized spacial score (nSPS) is 12.4. The second-order valence-corrected chi connectivity index (χ2v) is 13.0. The number of hydrogen-bond donors (Lipinski definition) is 0. The van der Waals surface area contributed by atoms with Gasteiger partial charge >= 0.3 is 6.09 Å². The van der Waals surface area contributed by atoms with Gasteiger partial charge in [-0.1, -0.05) is 72.8 Å². The highest BCUT2D eigenvalue weighted by Crippen LogP contribution is 2.39. The number of hydrogen-bond acceptors (Lipinski definition) is 5. The molecule has 240 valence electrons. The van der Waals surface area contributed by atoms with Crippen LogP contribution in [0.5, 0.6) is 5.75 Å². The van der Waals surface area contributed by atoms with Gasteiger partial charge in [0.25, 0.3) is 0 Å². The van der Waals surface area contributed by atoms with Crippen molar-refractivity contribution >= 4 is 17.7 Å². The van der Waals surface area contributed by atoms with Crippen molar-refractivity contribution in [2.45, 2.75) is 45.9 Å². The average Bonchev–Trinajstić information content (AvgIpc) is 3.60. The van der Waals surface area contributed by atoms with Crippen molar-refractivity contribution in [2.24, 2.45) is 7.05 Å². The molecule has 1 amide bonds. The summed E-state index contributed by atoms with van der Waals surface area (Å²) in [4.78, 5) is 43.0. The summed E-state index contributed by atoms with van der Waals surface area (Å²) >= 11 is 0. The number of carbonyl (C=O) groups is 3. The molecule has 8 nitrogen and oxygen atoms in total. The van der Waals surface area contributed by atoms with Crippen LogP contribution in [0.3, 0.4) is 0 Å². The second-order valence-electron chi connectivity index (χ2n) is 13.0. The molecule has 0 atom stereocenters. The van der Waals surface area contributed by atoms with Crippen LogP contribution in [0.15, 0.2) is 97.3 Å². The van der Waals surface area contributed by atoms with E-state index in [9.17, 15) is 14.4 Å². The minimum atomic E-state index is -0.619. The van der Waals surface area contributed by atoms with Crippen molar-refractivity contribution in [3.8, 4) is 16.9 Å². The van der Waals surface area contributed by atoms with E-state index < -0.39 is 11.7 Å². The Labute approximate surface area is 275 Å². The van der Waals surface area contributed by atoms with Crippen LogP contribution in [0.2, 0.25) is 0 Å². The molecule has 2 heterocycles. The Morgan fingerprint density at radius 3 is 2.06 bits per heavy atom. The molecule has 2 aromatic heterocycles. The number of amides is 1. The lowest BCUT2D eigenvalue weighted by Crippen LogP contribution is -2.35. The van der Waals surface area contributed by atoms with E-state index in [-0.39, 0.29) is 11.6 Å². The first-order chi connectivity index (χ1) is 22.5. The maximum Gasteiger partial charge on any atom is 0.410 e. The van der Waals surface area contributed by atoms with Gasteiger partial charge in [0.2, 0.25) is 5.78 Å². The highest BCUT2D eigenvalue weighted by atomic mass is 16.6. The van der Waals surface area contributed by atoms with Gasteiger partial charge in [-0.05, 0) is 61.6 Å². The molecule has 0 saturated heterocycles. The number of likely N-dealkylation sites (N-methyl/N-ethyl adjacent to an activating group) is 1. The largest absolute Gasteiger partial charge is 0.489 e. The zero-order chi connectivity index (χ0) is 33.3. The van der Waals surface area contributed by atoms with Crippen LogP contribution in [0, 0.1) is 0 Å². The monoisotopic (exact) mass is 629 g/mol. The van der Waals surface area contributed by atoms with E-state index in [1.807, 2.05) is 123 Å². The Hall–Kier alpha value is -5.37. The van der Waals surface area contributed by atoms with Crippen molar-refractivity contribution in [3.05, 3.63) is 137 Å². The maximum absolute atomic E-state index is 14.5. The van der Waals surface area contributed by atoms with E-state index >= 15 is 0 Å². The summed E-state index contributed by atoms with van der Waals surface area (Å²) in [6.07, 6.45) is 3.69. The predicted octanol–water partition coefficient (Wildman–Crippen LogP) is 7.31. The first kappa shape index (κ1) is 31.6. The molecular formula is C39H39N3O5. The lowest BCUT2D eigenvalue weighted by molar-refractivity contribution is 0.0300. The zero-order valence-corrected chi connectivity index (χ0v) is 27.4. The lowest BCUT2D eigenvalue weighted by Gasteiger charge is -2.24. The molecule has 3 aromatic carbocycles. The van der Waals surface area contributed by atoms with Crippen molar-refractivity contribution in [2.75, 3.05) is 13.6 Å². The van der Waals surface area contributed by atoms with Crippen LogP contribution in [0.25, 0.3) is 11.1 Å². The number of ether oxygens (including phenoxy) is 2. The molecule has 1 aliphatic rings. The van der Waals surface area contributed by atoms with Crippen LogP contribution in [-0.2, 0) is 31.4 Å². The van der Waals surface area contributed by atoms with E-state index in [4.69, 9.17) is 9.47 Å². The molecule has 0 aliphatic heterocycles. The van der Waals surface area contributed by atoms with Gasteiger partial charge in [0.05, 0.1) is 11.1 Å². The van der Waals surface area contributed by atoms with E-state index in [0.717, 1.165) is 16.7 Å². The van der Waals surface area contributed by atoms with Crippen LogP contribution >= 0.6 is 0 Å². The topological polar surface area (TPSA) is 82.8 Å². The van der Waals surface area contributed by atoms with Crippen molar-refractivity contribution in [1.29, 1.82) is 0 Å². The van der Waals surface area contributed by atoms with Crippen molar-refractivity contribution in [1.82, 2.24) is 14.0 Å². The SMILES string of the molecule is CN(CCc1cn(C)c2c1C(=O)c1c(-c3ccc(OCc4ccccc4)cc3)cn(Cc3ccccc3)c1C2=O)C(=O)OC(C)(C)C. The third kappa shape index (κ3) is 6.63. The second kappa shape index (κ2) is 12.8. The molecule has 0 radical (unpaired) electrons. The predicted molar refractivity (Wildman–Crippen MR) is 181 cm³/mol. The molecule has 0 fully saturated rings. The van der Waals surface area contributed by atoms with E-state index in [2.05, 4.69) is 0 Å². The summed E-state index contributed by atoms with van der Waals surface area (Å²) in [5.41, 5.74) is 5.21. The van der Waals surface area contributed by atoms with E-state index in [1.54, 1.807) is 18.7 Å². The number of ketones is 2. The van der Waals surface area contributed by atoms with Crippen LogP contribution < -0.4 is 4.74 Å². The fourth-order valence-corrected chi connectivity index (χ4v) is 5.99. The third-order valence-corrected chi connectivity index (χ3v) is 8.25. The fraction of sp³-hybridized carbons (Fsp3) is 0.256. The summed E-state index contributed by atoms with van der Waals surface area (Å²) in [5, 5.41) is 0. The molecule has 1 aliphatic carbocycles. The molecular weight excluding hydrogens is 590 g/mol. The van der Waals surface area contributed by atoms with Gasteiger partial charge in [-0.25, -0.2) is 4.79 Å². The Balaban J connectivity index is 1.35.